The molecule has 0 fully saturated rings. The van der Waals surface area contributed by atoms with Gasteiger partial charge in [-0.05, 0) is 48.9 Å². The Morgan fingerprint density at radius 1 is 1.05 bits per heavy atom. The highest BCUT2D eigenvalue weighted by Gasteiger charge is 2.23. The lowest BCUT2D eigenvalue weighted by atomic mass is 10.0. The smallest absolute Gasteiger partial charge is 0.274 e. The fourth-order valence-electron chi connectivity index (χ4n) is 4.21. The number of carbonyl (C=O) groups excluding carboxylic acids is 2. The molecule has 3 aromatic heterocycles. The van der Waals surface area contributed by atoms with Crippen molar-refractivity contribution in [3.8, 4) is 23.1 Å². The minimum Gasteiger partial charge on any atom is -0.355 e. The number of nitrogens with one attached hydrogen (secondary N) is 2. The molecule has 41 heavy (non-hydrogen) atoms. The maximum absolute atomic E-state index is 13.7. The van der Waals surface area contributed by atoms with E-state index in [0.29, 0.717) is 22.0 Å². The summed E-state index contributed by atoms with van der Waals surface area (Å²) < 4.78 is 2.90. The van der Waals surface area contributed by atoms with Gasteiger partial charge in [0.1, 0.15) is 11.4 Å². The first-order valence-electron chi connectivity index (χ1n) is 12.2. The molecule has 0 radical (unpaired) electrons. The number of halogens is 2. The van der Waals surface area contributed by atoms with Gasteiger partial charge < -0.3 is 10.6 Å². The number of hydrogen-bond acceptors (Lipinski definition) is 7. The number of rotatable bonds is 7. The summed E-state index contributed by atoms with van der Waals surface area (Å²) in [5.41, 5.74) is 3.12. The van der Waals surface area contributed by atoms with Crippen molar-refractivity contribution in [2.24, 2.45) is 0 Å². The summed E-state index contributed by atoms with van der Waals surface area (Å²) in [5.74, 6) is -0.786. The lowest BCUT2D eigenvalue weighted by Crippen LogP contribution is -2.24. The molecule has 0 saturated carbocycles. The van der Waals surface area contributed by atoms with Gasteiger partial charge in [-0.3, -0.25) is 9.59 Å². The van der Waals surface area contributed by atoms with Gasteiger partial charge in [-0.15, -0.1) is 5.10 Å². The van der Waals surface area contributed by atoms with Crippen LogP contribution in [-0.2, 0) is 6.54 Å². The maximum Gasteiger partial charge on any atom is 0.274 e. The minimum absolute atomic E-state index is 0.110. The van der Waals surface area contributed by atoms with E-state index in [1.807, 2.05) is 24.3 Å². The second-order valence-electron chi connectivity index (χ2n) is 8.88. The molecule has 0 unspecified atom stereocenters. The largest absolute Gasteiger partial charge is 0.355 e. The highest BCUT2D eigenvalue weighted by atomic mass is 35.5. The van der Waals surface area contributed by atoms with Crippen LogP contribution in [0.15, 0.2) is 67.0 Å². The van der Waals surface area contributed by atoms with Gasteiger partial charge in [-0.2, -0.15) is 10.4 Å². The number of anilines is 1. The molecule has 2 N–H and O–H groups in total. The molecule has 11 nitrogen and oxygen atoms in total. The van der Waals surface area contributed by atoms with E-state index in [1.165, 1.54) is 24.0 Å². The van der Waals surface area contributed by atoms with Gasteiger partial charge in [0.15, 0.2) is 5.82 Å². The number of aromatic nitrogens is 6. The monoisotopic (exact) mass is 585 g/mol. The Bertz CT molecular complexity index is 1840. The zero-order chi connectivity index (χ0) is 29.1. The van der Waals surface area contributed by atoms with Gasteiger partial charge >= 0.3 is 0 Å². The van der Waals surface area contributed by atoms with Crippen LogP contribution in [0.4, 0.5) is 5.69 Å². The first kappa shape index (κ1) is 27.5. The Morgan fingerprint density at radius 3 is 2.56 bits per heavy atom. The third kappa shape index (κ3) is 5.65. The van der Waals surface area contributed by atoms with Crippen LogP contribution in [0, 0.1) is 18.3 Å². The maximum atomic E-state index is 13.7. The standard InChI is InChI=1S/C28H21Cl2N9O2/c1-16-10-17(13-31)11-20(27(40)32-2)25(16)34-28(41)24-12-18(36-39(24)26-22(30)8-5-9-33-26)14-38-15-23(35-37-38)19-6-3-4-7-21(19)29/h3-12,15H,14H2,1-2H3,(H,32,40)(H,34,41). The van der Waals surface area contributed by atoms with Gasteiger partial charge in [0.2, 0.25) is 0 Å². The molecule has 5 rings (SSSR count). The highest BCUT2D eigenvalue weighted by molar-refractivity contribution is 6.33. The zero-order valence-corrected chi connectivity index (χ0v) is 23.3. The fraction of sp³-hybridized carbons (Fsp3) is 0.107. The number of benzene rings is 2. The fourth-order valence-corrected chi connectivity index (χ4v) is 4.64. The Kier molecular flexibility index (Phi) is 7.78. The van der Waals surface area contributed by atoms with Crippen molar-refractivity contribution in [2.45, 2.75) is 13.5 Å². The summed E-state index contributed by atoms with van der Waals surface area (Å²) in [5, 5.41) is 28.5. The first-order valence-corrected chi connectivity index (χ1v) is 13.0. The summed E-state index contributed by atoms with van der Waals surface area (Å²) in [7, 11) is 1.47. The number of nitrogens with zero attached hydrogens (tertiary/aromatic N) is 7. The Morgan fingerprint density at radius 2 is 1.83 bits per heavy atom. The van der Waals surface area contributed by atoms with E-state index < -0.39 is 11.8 Å². The van der Waals surface area contributed by atoms with Crippen LogP contribution < -0.4 is 10.6 Å². The highest BCUT2D eigenvalue weighted by Crippen LogP contribution is 2.27. The first-order chi connectivity index (χ1) is 19.8. The van der Waals surface area contributed by atoms with Gasteiger partial charge in [0, 0.05) is 18.8 Å². The molecular formula is C28H21Cl2N9O2. The van der Waals surface area contributed by atoms with E-state index in [2.05, 4.69) is 31.0 Å². The molecule has 2 aromatic carbocycles. The second-order valence-corrected chi connectivity index (χ2v) is 9.70. The summed E-state index contributed by atoms with van der Waals surface area (Å²) >= 11 is 12.7. The normalized spacial score (nSPS) is 10.7. The van der Waals surface area contributed by atoms with E-state index in [4.69, 9.17) is 23.2 Å². The van der Waals surface area contributed by atoms with Crippen LogP contribution in [0.5, 0.6) is 0 Å². The van der Waals surface area contributed by atoms with Crippen molar-refractivity contribution in [2.75, 3.05) is 12.4 Å². The lowest BCUT2D eigenvalue weighted by molar-refractivity contribution is 0.0964. The van der Waals surface area contributed by atoms with Gasteiger partial charge in [-0.25, -0.2) is 14.3 Å². The van der Waals surface area contributed by atoms with E-state index in [-0.39, 0.29) is 39.9 Å². The summed E-state index contributed by atoms with van der Waals surface area (Å²) in [6, 6.07) is 17.2. The molecule has 5 aromatic rings. The van der Waals surface area contributed by atoms with Crippen LogP contribution in [-0.4, -0.2) is 48.6 Å². The third-order valence-corrected chi connectivity index (χ3v) is 6.74. The molecule has 13 heteroatoms. The summed E-state index contributed by atoms with van der Waals surface area (Å²) in [6.07, 6.45) is 3.26. The molecule has 0 aliphatic rings. The van der Waals surface area contributed by atoms with Crippen LogP contribution in [0.3, 0.4) is 0 Å². The number of carbonyl (C=O) groups is 2. The van der Waals surface area contributed by atoms with Crippen LogP contribution in [0.2, 0.25) is 10.0 Å². The summed E-state index contributed by atoms with van der Waals surface area (Å²) in [6.45, 7) is 1.87. The van der Waals surface area contributed by atoms with Crippen molar-refractivity contribution in [3.63, 3.8) is 0 Å². The predicted molar refractivity (Wildman–Crippen MR) is 153 cm³/mol. The van der Waals surface area contributed by atoms with Gasteiger partial charge in [-0.1, -0.05) is 46.6 Å². The number of amides is 2. The quantitative estimate of drug-likeness (QED) is 0.282. The topological polar surface area (TPSA) is 143 Å². The molecule has 0 atom stereocenters. The molecule has 204 valence electrons. The van der Waals surface area contributed by atoms with Crippen molar-refractivity contribution in [3.05, 3.63) is 105 Å². The van der Waals surface area contributed by atoms with Crippen molar-refractivity contribution in [1.82, 2.24) is 35.1 Å². The second kappa shape index (κ2) is 11.6. The molecule has 0 spiro atoms. The van der Waals surface area contributed by atoms with E-state index in [1.54, 1.807) is 48.1 Å². The number of nitriles is 1. The molecule has 0 aliphatic heterocycles. The van der Waals surface area contributed by atoms with Gasteiger partial charge in [0.25, 0.3) is 11.8 Å². The predicted octanol–water partition coefficient (Wildman–Crippen LogP) is 4.67. The molecular weight excluding hydrogens is 565 g/mol. The van der Waals surface area contributed by atoms with Crippen molar-refractivity contribution < 1.29 is 9.59 Å². The average Bonchev–Trinajstić information content (AvgIpc) is 3.61. The SMILES string of the molecule is CNC(=O)c1cc(C#N)cc(C)c1NC(=O)c1cc(Cn2cc(-c3ccccc3Cl)nn2)nn1-c1ncccc1Cl. The lowest BCUT2D eigenvalue weighted by Gasteiger charge is -2.14. The van der Waals surface area contributed by atoms with Gasteiger partial charge in [0.05, 0.1) is 51.4 Å². The number of pyridine rings is 1. The third-order valence-electron chi connectivity index (χ3n) is 6.12. The minimum atomic E-state index is -0.571. The summed E-state index contributed by atoms with van der Waals surface area (Å²) in [4.78, 5) is 30.6. The molecule has 2 amide bonds. The average molecular weight is 586 g/mol. The molecule has 0 saturated heterocycles. The van der Waals surface area contributed by atoms with Crippen LogP contribution in [0.25, 0.3) is 17.1 Å². The number of hydrogen-bond donors (Lipinski definition) is 2. The van der Waals surface area contributed by atoms with Crippen molar-refractivity contribution >= 4 is 40.7 Å². The number of aryl methyl sites for hydroxylation is 1. The Balaban J connectivity index is 1.52. The van der Waals surface area contributed by atoms with Crippen LogP contribution in [0.1, 0.15) is 37.7 Å². The molecule has 3 heterocycles. The molecule has 0 aliphatic carbocycles. The molecule has 0 bridgehead atoms. The Labute approximate surface area is 244 Å². The zero-order valence-electron chi connectivity index (χ0n) is 21.8. The van der Waals surface area contributed by atoms with Crippen molar-refractivity contribution in [1.29, 1.82) is 5.26 Å². The van der Waals surface area contributed by atoms with E-state index >= 15 is 0 Å². The Hall–Kier alpha value is -5.05. The van der Waals surface area contributed by atoms with E-state index in [9.17, 15) is 14.9 Å². The van der Waals surface area contributed by atoms with Crippen LogP contribution >= 0.6 is 23.2 Å². The van der Waals surface area contributed by atoms with E-state index in [0.717, 1.165) is 5.56 Å².